The molecule has 0 saturated carbocycles. The highest BCUT2D eigenvalue weighted by Gasteiger charge is 2.05. The van der Waals surface area contributed by atoms with E-state index in [1.54, 1.807) is 0 Å². The lowest BCUT2D eigenvalue weighted by molar-refractivity contribution is -0.126. The van der Waals surface area contributed by atoms with Gasteiger partial charge in [-0.25, -0.2) is 10.9 Å². The third kappa shape index (κ3) is 9.90. The third-order valence-electron chi connectivity index (χ3n) is 5.64. The summed E-state index contributed by atoms with van der Waals surface area (Å²) in [6.07, 6.45) is 3.03. The molecule has 0 saturated heterocycles. The molecular formula is C32H30N4O4. The highest BCUT2D eigenvalue weighted by Crippen LogP contribution is 2.14. The van der Waals surface area contributed by atoms with Crippen molar-refractivity contribution in [2.75, 3.05) is 0 Å². The van der Waals surface area contributed by atoms with Gasteiger partial charge in [-0.3, -0.25) is 9.59 Å². The Bertz CT molecular complexity index is 1290. The Morgan fingerprint density at radius 1 is 0.550 bits per heavy atom. The number of amides is 2. The Balaban J connectivity index is 1.10. The normalized spacial score (nSPS) is 10.9. The van der Waals surface area contributed by atoms with Crippen LogP contribution >= 0.6 is 0 Å². The molecule has 8 heteroatoms. The third-order valence-corrected chi connectivity index (χ3v) is 5.64. The molecule has 0 unspecified atom stereocenters. The number of ether oxygens (including phenoxy) is 2. The fourth-order valence-electron chi connectivity index (χ4n) is 3.48. The van der Waals surface area contributed by atoms with Crippen molar-refractivity contribution in [3.8, 4) is 11.5 Å². The Hall–Kier alpha value is -5.24. The molecule has 4 aromatic carbocycles. The Morgan fingerprint density at radius 3 is 1.30 bits per heavy atom. The molecule has 202 valence electrons. The standard InChI is InChI=1S/C32H30N4O4/c37-31(35-33-21-25-11-15-29(16-12-25)39-23-27-7-3-1-4-8-27)19-20-32(38)36-34-22-26-13-17-30(18-14-26)40-24-28-9-5-2-6-10-28/h1-18,21-22H,19-20,23-24H2,(H,35,37)(H,36,38)/b33-21-,34-22-. The molecule has 0 atom stereocenters. The lowest BCUT2D eigenvalue weighted by Crippen LogP contribution is -2.22. The monoisotopic (exact) mass is 534 g/mol. The van der Waals surface area contributed by atoms with Crippen LogP contribution in [0.15, 0.2) is 119 Å². The first-order valence-corrected chi connectivity index (χ1v) is 12.8. The first-order valence-electron chi connectivity index (χ1n) is 12.8. The summed E-state index contributed by atoms with van der Waals surface area (Å²) >= 11 is 0. The Labute approximate surface area is 233 Å². The van der Waals surface area contributed by atoms with Crippen molar-refractivity contribution >= 4 is 24.2 Å². The molecular weight excluding hydrogens is 504 g/mol. The van der Waals surface area contributed by atoms with E-state index in [9.17, 15) is 9.59 Å². The van der Waals surface area contributed by atoms with Crippen LogP contribution in [0.4, 0.5) is 0 Å². The zero-order valence-corrected chi connectivity index (χ0v) is 21.9. The summed E-state index contributed by atoms with van der Waals surface area (Å²) < 4.78 is 11.5. The first-order chi connectivity index (χ1) is 19.6. The molecule has 0 radical (unpaired) electrons. The van der Waals surface area contributed by atoms with Gasteiger partial charge in [-0.1, -0.05) is 60.7 Å². The second kappa shape index (κ2) is 15.2. The zero-order valence-electron chi connectivity index (χ0n) is 21.9. The molecule has 0 aromatic heterocycles. The highest BCUT2D eigenvalue weighted by atomic mass is 16.5. The summed E-state index contributed by atoms with van der Waals surface area (Å²) in [5.74, 6) is 0.737. The number of hydrogen-bond acceptors (Lipinski definition) is 6. The van der Waals surface area contributed by atoms with Crippen LogP contribution < -0.4 is 20.3 Å². The van der Waals surface area contributed by atoms with E-state index >= 15 is 0 Å². The van der Waals surface area contributed by atoms with Crippen molar-refractivity contribution in [3.05, 3.63) is 131 Å². The number of benzene rings is 4. The molecule has 2 amide bonds. The van der Waals surface area contributed by atoms with Crippen molar-refractivity contribution in [2.24, 2.45) is 10.2 Å². The molecule has 0 heterocycles. The van der Waals surface area contributed by atoms with Crippen LogP contribution in [0.1, 0.15) is 35.1 Å². The molecule has 40 heavy (non-hydrogen) atoms. The van der Waals surface area contributed by atoms with Crippen LogP contribution in [-0.4, -0.2) is 24.2 Å². The molecule has 0 bridgehead atoms. The van der Waals surface area contributed by atoms with Crippen molar-refractivity contribution in [1.29, 1.82) is 0 Å². The van der Waals surface area contributed by atoms with Crippen LogP contribution in [0, 0.1) is 0 Å². The molecule has 8 nitrogen and oxygen atoms in total. The predicted octanol–water partition coefficient (Wildman–Crippen LogP) is 5.23. The molecule has 0 fully saturated rings. The number of rotatable bonds is 13. The topological polar surface area (TPSA) is 101 Å². The van der Waals surface area contributed by atoms with Crippen molar-refractivity contribution in [1.82, 2.24) is 10.9 Å². The van der Waals surface area contributed by atoms with Crippen LogP contribution in [0.5, 0.6) is 11.5 Å². The molecule has 2 N–H and O–H groups in total. The van der Waals surface area contributed by atoms with Gasteiger partial charge in [0, 0.05) is 12.8 Å². The van der Waals surface area contributed by atoms with Gasteiger partial charge in [-0.05, 0) is 70.8 Å². The maximum absolute atomic E-state index is 12.0. The fraction of sp³-hybridized carbons (Fsp3) is 0.125. The average Bonchev–Trinajstić information content (AvgIpc) is 3.00. The number of nitrogens with one attached hydrogen (secondary N) is 2. The summed E-state index contributed by atoms with van der Waals surface area (Å²) in [6.45, 7) is 0.975. The van der Waals surface area contributed by atoms with E-state index in [1.165, 1.54) is 12.4 Å². The number of nitrogens with zero attached hydrogens (tertiary/aromatic N) is 2. The van der Waals surface area contributed by atoms with Crippen LogP contribution in [0.2, 0.25) is 0 Å². The second-order valence-electron chi connectivity index (χ2n) is 8.77. The predicted molar refractivity (Wildman–Crippen MR) is 155 cm³/mol. The number of hydrazone groups is 2. The number of carbonyl (C=O) groups is 2. The molecule has 0 aliphatic heterocycles. The SMILES string of the molecule is O=C(CCC(=O)N/N=C\c1ccc(OCc2ccccc2)cc1)N/N=C\c1ccc(OCc2ccccc2)cc1. The molecule has 4 rings (SSSR count). The van der Waals surface area contributed by atoms with Gasteiger partial charge in [0.1, 0.15) is 24.7 Å². The highest BCUT2D eigenvalue weighted by molar-refractivity contribution is 5.86. The van der Waals surface area contributed by atoms with Crippen LogP contribution in [0.25, 0.3) is 0 Å². The van der Waals surface area contributed by atoms with Crippen LogP contribution in [-0.2, 0) is 22.8 Å². The van der Waals surface area contributed by atoms with Gasteiger partial charge in [-0.15, -0.1) is 0 Å². The zero-order chi connectivity index (χ0) is 27.8. The summed E-state index contributed by atoms with van der Waals surface area (Å²) in [5.41, 5.74) is 8.63. The lowest BCUT2D eigenvalue weighted by Gasteiger charge is -2.06. The Morgan fingerprint density at radius 2 is 0.925 bits per heavy atom. The van der Waals surface area contributed by atoms with Gasteiger partial charge in [0.15, 0.2) is 0 Å². The van der Waals surface area contributed by atoms with E-state index in [-0.39, 0.29) is 24.7 Å². The van der Waals surface area contributed by atoms with E-state index < -0.39 is 0 Å². The van der Waals surface area contributed by atoms with E-state index in [1.807, 2.05) is 109 Å². The quantitative estimate of drug-likeness (QED) is 0.181. The minimum Gasteiger partial charge on any atom is -0.489 e. The minimum absolute atomic E-state index is 0.0155. The van der Waals surface area contributed by atoms with E-state index in [0.717, 1.165) is 33.8 Å². The summed E-state index contributed by atoms with van der Waals surface area (Å²) in [5, 5.41) is 7.89. The number of hydrogen-bond donors (Lipinski definition) is 2. The maximum Gasteiger partial charge on any atom is 0.240 e. The van der Waals surface area contributed by atoms with Gasteiger partial charge >= 0.3 is 0 Å². The second-order valence-corrected chi connectivity index (χ2v) is 8.77. The molecule has 0 spiro atoms. The van der Waals surface area contributed by atoms with Crippen molar-refractivity contribution in [3.63, 3.8) is 0 Å². The smallest absolute Gasteiger partial charge is 0.240 e. The largest absolute Gasteiger partial charge is 0.489 e. The molecule has 0 aliphatic rings. The van der Waals surface area contributed by atoms with Crippen molar-refractivity contribution < 1.29 is 19.1 Å². The first kappa shape index (κ1) is 27.8. The molecule has 0 aliphatic carbocycles. The van der Waals surface area contributed by atoms with Gasteiger partial charge in [0.25, 0.3) is 0 Å². The summed E-state index contributed by atoms with van der Waals surface area (Å²) in [6, 6.07) is 34.5. The van der Waals surface area contributed by atoms with Gasteiger partial charge in [-0.2, -0.15) is 10.2 Å². The summed E-state index contributed by atoms with van der Waals surface area (Å²) in [7, 11) is 0. The Kier molecular flexibility index (Phi) is 10.6. The lowest BCUT2D eigenvalue weighted by atomic mass is 10.2. The van der Waals surface area contributed by atoms with E-state index in [2.05, 4.69) is 21.1 Å². The van der Waals surface area contributed by atoms with Gasteiger partial charge in [0.2, 0.25) is 11.8 Å². The van der Waals surface area contributed by atoms with E-state index in [0.29, 0.717) is 13.2 Å². The van der Waals surface area contributed by atoms with Crippen molar-refractivity contribution in [2.45, 2.75) is 26.1 Å². The maximum atomic E-state index is 12.0. The number of carbonyl (C=O) groups excluding carboxylic acids is 2. The van der Waals surface area contributed by atoms with Crippen LogP contribution in [0.3, 0.4) is 0 Å². The van der Waals surface area contributed by atoms with E-state index in [4.69, 9.17) is 9.47 Å². The average molecular weight is 535 g/mol. The summed E-state index contributed by atoms with van der Waals surface area (Å²) in [4.78, 5) is 24.0. The van der Waals surface area contributed by atoms with Gasteiger partial charge < -0.3 is 9.47 Å². The minimum atomic E-state index is -0.371. The molecule has 4 aromatic rings. The van der Waals surface area contributed by atoms with Gasteiger partial charge in [0.05, 0.1) is 12.4 Å². The fourth-order valence-corrected chi connectivity index (χ4v) is 3.48.